The Balaban J connectivity index is 1.37. The first-order valence-corrected chi connectivity index (χ1v) is 11.0. The van der Waals surface area contributed by atoms with Crippen LogP contribution in [0.5, 0.6) is 5.75 Å². The summed E-state index contributed by atoms with van der Waals surface area (Å²) < 4.78 is 32.5. The second-order valence-electron chi connectivity index (χ2n) is 6.79. The van der Waals surface area contributed by atoms with E-state index in [4.69, 9.17) is 4.74 Å². The molecule has 0 unspecified atom stereocenters. The summed E-state index contributed by atoms with van der Waals surface area (Å²) in [5.74, 6) is 0.967. The van der Waals surface area contributed by atoms with E-state index in [9.17, 15) is 8.42 Å². The number of hydrogen-bond acceptors (Lipinski definition) is 3. The van der Waals surface area contributed by atoms with Gasteiger partial charge in [-0.2, -0.15) is 0 Å². The standard InChI is InChI=1S/C21H27NO3S/c23-26(24,16-6-9-18-7-2-1-3-8-18)22-14-15-25-21-13-12-19-10-4-5-11-20(19)17-21/h1-3,7-8,12-13,17,22H,4-6,9-11,14-16H2. The van der Waals surface area contributed by atoms with Gasteiger partial charge in [-0.15, -0.1) is 0 Å². The van der Waals surface area contributed by atoms with Gasteiger partial charge < -0.3 is 4.74 Å². The van der Waals surface area contributed by atoms with Crippen molar-refractivity contribution in [2.45, 2.75) is 38.5 Å². The molecule has 0 atom stereocenters. The highest BCUT2D eigenvalue weighted by molar-refractivity contribution is 7.89. The number of aryl methyl sites for hydroxylation is 3. The average Bonchev–Trinajstić information content (AvgIpc) is 2.66. The summed E-state index contributed by atoms with van der Waals surface area (Å²) in [6.45, 7) is 0.640. The number of nitrogens with one attached hydrogen (secondary N) is 1. The van der Waals surface area contributed by atoms with E-state index in [2.05, 4.69) is 16.9 Å². The Bertz CT molecular complexity index is 803. The summed E-state index contributed by atoms with van der Waals surface area (Å²) in [5, 5.41) is 0. The number of rotatable bonds is 9. The second-order valence-corrected chi connectivity index (χ2v) is 8.71. The lowest BCUT2D eigenvalue weighted by molar-refractivity contribution is 0.322. The van der Waals surface area contributed by atoms with E-state index in [0.29, 0.717) is 19.6 Å². The van der Waals surface area contributed by atoms with E-state index in [0.717, 1.165) is 25.0 Å². The molecule has 0 saturated carbocycles. The van der Waals surface area contributed by atoms with Gasteiger partial charge in [-0.1, -0.05) is 36.4 Å². The van der Waals surface area contributed by atoms with Crippen molar-refractivity contribution in [2.24, 2.45) is 0 Å². The number of hydrogen-bond donors (Lipinski definition) is 1. The highest BCUT2D eigenvalue weighted by Gasteiger charge is 2.11. The smallest absolute Gasteiger partial charge is 0.211 e. The molecule has 1 aliphatic rings. The van der Waals surface area contributed by atoms with Gasteiger partial charge in [0, 0.05) is 6.54 Å². The molecule has 0 aliphatic heterocycles. The highest BCUT2D eigenvalue weighted by Crippen LogP contribution is 2.25. The molecule has 4 nitrogen and oxygen atoms in total. The lowest BCUT2D eigenvalue weighted by atomic mass is 9.92. The highest BCUT2D eigenvalue weighted by atomic mass is 32.2. The molecule has 0 radical (unpaired) electrons. The van der Waals surface area contributed by atoms with Crippen LogP contribution in [0.1, 0.15) is 36.0 Å². The van der Waals surface area contributed by atoms with Crippen LogP contribution in [0.25, 0.3) is 0 Å². The molecule has 3 rings (SSSR count). The number of benzene rings is 2. The van der Waals surface area contributed by atoms with Gasteiger partial charge in [-0.25, -0.2) is 13.1 Å². The molecule has 1 aliphatic carbocycles. The van der Waals surface area contributed by atoms with Crippen LogP contribution < -0.4 is 9.46 Å². The molecule has 0 aromatic heterocycles. The summed E-state index contributed by atoms with van der Waals surface area (Å²) in [7, 11) is -3.25. The van der Waals surface area contributed by atoms with Crippen molar-refractivity contribution in [1.82, 2.24) is 4.72 Å². The fraction of sp³-hybridized carbons (Fsp3) is 0.429. The van der Waals surface area contributed by atoms with Gasteiger partial charge in [0.2, 0.25) is 10.0 Å². The third-order valence-electron chi connectivity index (χ3n) is 4.73. The maximum Gasteiger partial charge on any atom is 0.211 e. The molecule has 0 bridgehead atoms. The first kappa shape index (κ1) is 18.9. The fourth-order valence-corrected chi connectivity index (χ4v) is 4.41. The number of ether oxygens (including phenoxy) is 1. The molecule has 2 aromatic carbocycles. The van der Waals surface area contributed by atoms with Gasteiger partial charge in [0.15, 0.2) is 0 Å². The maximum absolute atomic E-state index is 12.1. The van der Waals surface area contributed by atoms with E-state index in [1.54, 1.807) is 0 Å². The molecule has 0 saturated heterocycles. The van der Waals surface area contributed by atoms with Crippen molar-refractivity contribution < 1.29 is 13.2 Å². The van der Waals surface area contributed by atoms with E-state index < -0.39 is 10.0 Å². The summed E-state index contributed by atoms with van der Waals surface area (Å²) in [5.41, 5.74) is 3.96. The van der Waals surface area contributed by atoms with Crippen LogP contribution >= 0.6 is 0 Å². The maximum atomic E-state index is 12.1. The molecule has 5 heteroatoms. The van der Waals surface area contributed by atoms with Gasteiger partial charge in [-0.05, 0) is 67.3 Å². The van der Waals surface area contributed by atoms with Crippen molar-refractivity contribution in [3.05, 3.63) is 65.2 Å². The zero-order chi connectivity index (χ0) is 18.2. The minimum atomic E-state index is -3.25. The lowest BCUT2D eigenvalue weighted by Gasteiger charge is -2.17. The second kappa shape index (κ2) is 9.19. The molecule has 0 heterocycles. The van der Waals surface area contributed by atoms with Crippen molar-refractivity contribution >= 4 is 10.0 Å². The Morgan fingerprint density at radius 2 is 1.73 bits per heavy atom. The van der Waals surface area contributed by atoms with Crippen LogP contribution in [-0.4, -0.2) is 27.3 Å². The largest absolute Gasteiger partial charge is 0.492 e. The van der Waals surface area contributed by atoms with E-state index in [1.165, 1.54) is 29.5 Å². The minimum absolute atomic E-state index is 0.140. The quantitative estimate of drug-likeness (QED) is 0.685. The van der Waals surface area contributed by atoms with E-state index >= 15 is 0 Å². The normalized spacial score (nSPS) is 14.0. The number of sulfonamides is 1. The number of fused-ring (bicyclic) bond motifs is 1. The molecule has 0 spiro atoms. The van der Waals surface area contributed by atoms with Crippen molar-refractivity contribution in [3.8, 4) is 5.75 Å². The minimum Gasteiger partial charge on any atom is -0.492 e. The molecule has 0 amide bonds. The molecular formula is C21H27NO3S. The fourth-order valence-electron chi connectivity index (χ4n) is 3.35. The van der Waals surface area contributed by atoms with Gasteiger partial charge in [-0.3, -0.25) is 0 Å². The van der Waals surface area contributed by atoms with Crippen LogP contribution in [0, 0.1) is 0 Å². The Morgan fingerprint density at radius 1 is 0.962 bits per heavy atom. The zero-order valence-electron chi connectivity index (χ0n) is 15.1. The predicted octanol–water partition coefficient (Wildman–Crippen LogP) is 3.50. The SMILES string of the molecule is O=S(=O)(CCCc1ccccc1)NCCOc1ccc2c(c1)CCCC2. The first-order valence-electron chi connectivity index (χ1n) is 9.38. The summed E-state index contributed by atoms with van der Waals surface area (Å²) in [4.78, 5) is 0. The van der Waals surface area contributed by atoms with Crippen LogP contribution in [-0.2, 0) is 29.3 Å². The van der Waals surface area contributed by atoms with Gasteiger partial charge in [0.1, 0.15) is 12.4 Å². The predicted molar refractivity (Wildman–Crippen MR) is 105 cm³/mol. The van der Waals surface area contributed by atoms with Crippen molar-refractivity contribution in [3.63, 3.8) is 0 Å². The average molecular weight is 374 g/mol. The Hall–Kier alpha value is -1.85. The monoisotopic (exact) mass is 373 g/mol. The summed E-state index contributed by atoms with van der Waals surface area (Å²) in [6.07, 6.45) is 6.15. The topological polar surface area (TPSA) is 55.4 Å². The van der Waals surface area contributed by atoms with Crippen LogP contribution in [0.3, 0.4) is 0 Å². The van der Waals surface area contributed by atoms with E-state index in [-0.39, 0.29) is 5.75 Å². The molecule has 26 heavy (non-hydrogen) atoms. The molecular weight excluding hydrogens is 346 g/mol. The molecule has 1 N–H and O–H groups in total. The van der Waals surface area contributed by atoms with Crippen LogP contribution in [0.2, 0.25) is 0 Å². The summed E-state index contributed by atoms with van der Waals surface area (Å²) in [6, 6.07) is 16.2. The van der Waals surface area contributed by atoms with Gasteiger partial charge in [0.25, 0.3) is 0 Å². The zero-order valence-corrected chi connectivity index (χ0v) is 15.9. The Labute approximate surface area is 156 Å². The van der Waals surface area contributed by atoms with Crippen molar-refractivity contribution in [2.75, 3.05) is 18.9 Å². The Morgan fingerprint density at radius 3 is 2.54 bits per heavy atom. The lowest BCUT2D eigenvalue weighted by Crippen LogP contribution is -2.30. The first-order chi connectivity index (χ1) is 12.6. The summed E-state index contributed by atoms with van der Waals surface area (Å²) >= 11 is 0. The molecule has 2 aromatic rings. The van der Waals surface area contributed by atoms with Crippen LogP contribution in [0.15, 0.2) is 48.5 Å². The van der Waals surface area contributed by atoms with Gasteiger partial charge >= 0.3 is 0 Å². The molecule has 0 fully saturated rings. The van der Waals surface area contributed by atoms with Crippen LogP contribution in [0.4, 0.5) is 0 Å². The third kappa shape index (κ3) is 5.85. The van der Waals surface area contributed by atoms with Crippen molar-refractivity contribution in [1.29, 1.82) is 0 Å². The third-order valence-corrected chi connectivity index (χ3v) is 6.20. The van der Waals surface area contributed by atoms with Gasteiger partial charge in [0.05, 0.1) is 5.75 Å². The van der Waals surface area contributed by atoms with E-state index in [1.807, 2.05) is 36.4 Å². The molecule has 140 valence electrons. The Kier molecular flexibility index (Phi) is 6.69.